The molecular formula is C13H15ClO4. The van der Waals surface area contributed by atoms with Crippen LogP contribution in [0.2, 0.25) is 5.02 Å². The Morgan fingerprint density at radius 1 is 1.33 bits per heavy atom. The van der Waals surface area contributed by atoms with Crippen molar-refractivity contribution in [1.29, 1.82) is 0 Å². The van der Waals surface area contributed by atoms with Gasteiger partial charge in [0.25, 0.3) is 0 Å². The van der Waals surface area contributed by atoms with Crippen LogP contribution in [0.3, 0.4) is 0 Å². The van der Waals surface area contributed by atoms with Crippen molar-refractivity contribution in [2.75, 3.05) is 14.2 Å². The smallest absolute Gasteiger partial charge is 0.314 e. The topological polar surface area (TPSA) is 55.8 Å². The van der Waals surface area contributed by atoms with E-state index < -0.39 is 11.4 Å². The summed E-state index contributed by atoms with van der Waals surface area (Å²) in [5.41, 5.74) is 0.488. The second kappa shape index (κ2) is 4.35. The van der Waals surface area contributed by atoms with Gasteiger partial charge in [-0.3, -0.25) is 4.79 Å². The molecule has 0 heterocycles. The highest BCUT2D eigenvalue weighted by Gasteiger charge is 2.54. The zero-order chi connectivity index (χ0) is 13.5. The molecule has 0 spiro atoms. The van der Waals surface area contributed by atoms with E-state index in [1.54, 1.807) is 6.07 Å². The van der Waals surface area contributed by atoms with E-state index in [4.69, 9.17) is 21.1 Å². The quantitative estimate of drug-likeness (QED) is 0.914. The summed E-state index contributed by atoms with van der Waals surface area (Å²) < 4.78 is 10.6. The van der Waals surface area contributed by atoms with E-state index in [0.29, 0.717) is 34.9 Å². The van der Waals surface area contributed by atoms with Crippen LogP contribution in [0.1, 0.15) is 24.0 Å². The number of ether oxygens (including phenoxy) is 2. The van der Waals surface area contributed by atoms with Crippen LogP contribution in [0.4, 0.5) is 0 Å². The van der Waals surface area contributed by atoms with Crippen molar-refractivity contribution in [2.45, 2.75) is 25.2 Å². The maximum absolute atomic E-state index is 11.4. The first-order valence-electron chi connectivity index (χ1n) is 5.63. The molecule has 1 aromatic carbocycles. The Hall–Kier alpha value is -1.42. The van der Waals surface area contributed by atoms with Gasteiger partial charge in [0, 0.05) is 16.1 Å². The molecule has 4 nitrogen and oxygen atoms in total. The van der Waals surface area contributed by atoms with E-state index >= 15 is 0 Å². The molecule has 5 heteroatoms. The average Bonchev–Trinajstić information content (AvgIpc) is 3.13. The molecule has 1 saturated carbocycles. The van der Waals surface area contributed by atoms with Gasteiger partial charge >= 0.3 is 5.97 Å². The summed E-state index contributed by atoms with van der Waals surface area (Å²) in [7, 11) is 3.03. The standard InChI is InChI=1S/C13H15ClO4/c1-7-9(14)6-8(11(18-3)10(7)17-2)13(4-5-13)12(15)16/h6H,4-5H2,1-3H3,(H,15,16). The predicted octanol–water partition coefficient (Wildman–Crippen LogP) is 2.78. The third-order valence-electron chi connectivity index (χ3n) is 3.50. The number of carbonyl (C=O) groups is 1. The molecule has 1 aliphatic rings. The molecule has 0 radical (unpaired) electrons. The summed E-state index contributed by atoms with van der Waals surface area (Å²) in [5.74, 6) is 0.134. The number of carboxylic acid groups (broad SMARTS) is 1. The zero-order valence-corrected chi connectivity index (χ0v) is 11.3. The third-order valence-corrected chi connectivity index (χ3v) is 3.90. The van der Waals surface area contributed by atoms with Crippen LogP contribution < -0.4 is 9.47 Å². The Bertz CT molecular complexity index is 506. The van der Waals surface area contributed by atoms with E-state index in [1.807, 2.05) is 6.92 Å². The monoisotopic (exact) mass is 270 g/mol. The molecule has 1 aromatic rings. The van der Waals surface area contributed by atoms with Gasteiger partial charge in [0.05, 0.1) is 19.6 Å². The van der Waals surface area contributed by atoms with Gasteiger partial charge < -0.3 is 14.6 Å². The van der Waals surface area contributed by atoms with Crippen LogP contribution >= 0.6 is 11.6 Å². The van der Waals surface area contributed by atoms with Crippen molar-refractivity contribution < 1.29 is 19.4 Å². The van der Waals surface area contributed by atoms with Gasteiger partial charge in [-0.25, -0.2) is 0 Å². The molecule has 98 valence electrons. The lowest BCUT2D eigenvalue weighted by atomic mass is 9.93. The lowest BCUT2D eigenvalue weighted by molar-refractivity contribution is -0.140. The van der Waals surface area contributed by atoms with Gasteiger partial charge in [0.15, 0.2) is 11.5 Å². The number of hydrogen-bond donors (Lipinski definition) is 1. The number of carboxylic acids is 1. The first-order valence-corrected chi connectivity index (χ1v) is 6.00. The molecule has 1 N–H and O–H groups in total. The largest absolute Gasteiger partial charge is 0.493 e. The lowest BCUT2D eigenvalue weighted by Gasteiger charge is -2.20. The van der Waals surface area contributed by atoms with Gasteiger partial charge in [0.2, 0.25) is 0 Å². The van der Waals surface area contributed by atoms with Crippen molar-refractivity contribution in [3.63, 3.8) is 0 Å². The van der Waals surface area contributed by atoms with Crippen LogP contribution in [0.5, 0.6) is 11.5 Å². The highest BCUT2D eigenvalue weighted by Crippen LogP contribution is 2.55. The van der Waals surface area contributed by atoms with Crippen molar-refractivity contribution in [3.05, 3.63) is 22.2 Å². The van der Waals surface area contributed by atoms with Crippen LogP contribution in [0, 0.1) is 6.92 Å². The Kier molecular flexibility index (Phi) is 3.15. The fraction of sp³-hybridized carbons (Fsp3) is 0.462. The number of methoxy groups -OCH3 is 2. The minimum atomic E-state index is -0.865. The normalized spacial score (nSPS) is 16.2. The van der Waals surface area contributed by atoms with Gasteiger partial charge in [0.1, 0.15) is 0 Å². The van der Waals surface area contributed by atoms with Crippen molar-refractivity contribution in [3.8, 4) is 11.5 Å². The summed E-state index contributed by atoms with van der Waals surface area (Å²) in [6, 6.07) is 1.68. The van der Waals surface area contributed by atoms with E-state index in [9.17, 15) is 9.90 Å². The average molecular weight is 271 g/mol. The number of hydrogen-bond acceptors (Lipinski definition) is 3. The number of rotatable bonds is 4. The van der Waals surface area contributed by atoms with Gasteiger partial charge in [-0.2, -0.15) is 0 Å². The highest BCUT2D eigenvalue weighted by atomic mass is 35.5. The van der Waals surface area contributed by atoms with E-state index in [-0.39, 0.29) is 0 Å². The fourth-order valence-corrected chi connectivity index (χ4v) is 2.42. The molecule has 0 amide bonds. The molecule has 0 aliphatic heterocycles. The summed E-state index contributed by atoms with van der Waals surface area (Å²) in [6.45, 7) is 1.81. The van der Waals surface area contributed by atoms with Crippen molar-refractivity contribution in [1.82, 2.24) is 0 Å². The molecule has 1 aliphatic carbocycles. The highest BCUT2D eigenvalue weighted by molar-refractivity contribution is 6.31. The number of benzene rings is 1. The maximum atomic E-state index is 11.4. The maximum Gasteiger partial charge on any atom is 0.314 e. The third kappa shape index (κ3) is 1.72. The zero-order valence-electron chi connectivity index (χ0n) is 10.5. The molecule has 0 bridgehead atoms. The second-order valence-electron chi connectivity index (χ2n) is 4.48. The Balaban J connectivity index is 2.68. The molecule has 18 heavy (non-hydrogen) atoms. The molecule has 0 atom stereocenters. The SMILES string of the molecule is COc1c(C2(C(=O)O)CC2)cc(Cl)c(C)c1OC. The lowest BCUT2D eigenvalue weighted by Crippen LogP contribution is -2.20. The summed E-state index contributed by atoms with van der Waals surface area (Å²) >= 11 is 6.14. The number of aliphatic carboxylic acids is 1. The van der Waals surface area contributed by atoms with Gasteiger partial charge in [-0.15, -0.1) is 0 Å². The first kappa shape index (κ1) is 13.0. The summed E-state index contributed by atoms with van der Waals surface area (Å²) in [4.78, 5) is 11.4. The summed E-state index contributed by atoms with van der Waals surface area (Å²) in [6.07, 6.45) is 1.20. The summed E-state index contributed by atoms with van der Waals surface area (Å²) in [5, 5.41) is 9.86. The Morgan fingerprint density at radius 2 is 1.89 bits per heavy atom. The molecule has 2 rings (SSSR count). The van der Waals surface area contributed by atoms with Gasteiger partial charge in [-0.1, -0.05) is 11.6 Å². The second-order valence-corrected chi connectivity index (χ2v) is 4.89. The first-order chi connectivity index (χ1) is 8.47. The minimum Gasteiger partial charge on any atom is -0.493 e. The van der Waals surface area contributed by atoms with Crippen molar-refractivity contribution >= 4 is 17.6 Å². The van der Waals surface area contributed by atoms with Crippen LogP contribution in [0.15, 0.2) is 6.07 Å². The van der Waals surface area contributed by atoms with Crippen molar-refractivity contribution in [2.24, 2.45) is 0 Å². The molecule has 1 fully saturated rings. The minimum absolute atomic E-state index is 0.472. The predicted molar refractivity (Wildman–Crippen MR) is 67.8 cm³/mol. The van der Waals surface area contributed by atoms with E-state index in [2.05, 4.69) is 0 Å². The molecule has 0 unspecified atom stereocenters. The molecule has 0 aromatic heterocycles. The Morgan fingerprint density at radius 3 is 2.28 bits per heavy atom. The van der Waals surface area contributed by atoms with Crippen LogP contribution in [-0.2, 0) is 10.2 Å². The Labute approximate surface area is 110 Å². The molecular weight excluding hydrogens is 256 g/mol. The van der Waals surface area contributed by atoms with Gasteiger partial charge in [-0.05, 0) is 25.8 Å². The van der Waals surface area contributed by atoms with E-state index in [0.717, 1.165) is 5.56 Å². The fourth-order valence-electron chi connectivity index (χ4n) is 2.23. The number of halogens is 1. The van der Waals surface area contributed by atoms with Crippen LogP contribution in [-0.4, -0.2) is 25.3 Å². The van der Waals surface area contributed by atoms with E-state index in [1.165, 1.54) is 14.2 Å². The molecule has 0 saturated heterocycles. The van der Waals surface area contributed by atoms with Crippen LogP contribution in [0.25, 0.3) is 0 Å².